The van der Waals surface area contributed by atoms with E-state index in [1.807, 2.05) is 19.2 Å². The number of likely N-dealkylation sites (tertiary alicyclic amines) is 1. The van der Waals surface area contributed by atoms with Gasteiger partial charge in [-0.05, 0) is 80.7 Å². The summed E-state index contributed by atoms with van der Waals surface area (Å²) < 4.78 is 21.6. The second-order valence-corrected chi connectivity index (χ2v) is 18.4. The summed E-state index contributed by atoms with van der Waals surface area (Å²) in [4.78, 5) is 37.3. The SMILES string of the molecule is Cc1nc2c(F)c(-c3cccc(Cl)c3Cl)c(CCC#N)cc2c2c1cc([C@H]1[C@H]3C[C@H](CN(c4ccn(CC(C)C)c(=O)c4)C3)N1C(=O)C1CC1)n2[C@H]1[C@H]2CN[C@@H]1C2. The molecule has 4 bridgehead atoms. The van der Waals surface area contributed by atoms with Crippen molar-refractivity contribution < 1.29 is 9.18 Å². The third-order valence-corrected chi connectivity index (χ3v) is 14.2. The minimum Gasteiger partial charge on any atom is -0.369 e. The largest absolute Gasteiger partial charge is 0.369 e. The lowest BCUT2D eigenvalue weighted by molar-refractivity contribution is -0.135. The van der Waals surface area contributed by atoms with Gasteiger partial charge >= 0.3 is 0 Å². The number of aryl methyl sites for hydroxylation is 2. The zero-order chi connectivity index (χ0) is 39.4. The molecule has 1 N–H and O–H groups in total. The molecule has 4 aliphatic heterocycles. The van der Waals surface area contributed by atoms with Crippen LogP contribution in [0, 0.1) is 47.7 Å². The van der Waals surface area contributed by atoms with E-state index in [2.05, 4.69) is 51.7 Å². The Morgan fingerprint density at radius 1 is 1.09 bits per heavy atom. The zero-order valence-corrected chi connectivity index (χ0v) is 34.0. The van der Waals surface area contributed by atoms with Gasteiger partial charge < -0.3 is 24.3 Å². The highest BCUT2D eigenvalue weighted by Gasteiger charge is 2.55. The lowest BCUT2D eigenvalue weighted by Crippen LogP contribution is -2.45. The van der Waals surface area contributed by atoms with E-state index in [0.717, 1.165) is 61.1 Å². The fourth-order valence-electron chi connectivity index (χ4n) is 10.8. The van der Waals surface area contributed by atoms with Crippen LogP contribution >= 0.6 is 23.2 Å². The number of anilines is 1. The molecule has 6 fully saturated rings. The number of pyridine rings is 2. The number of benzene rings is 2. The van der Waals surface area contributed by atoms with Gasteiger partial charge in [0.2, 0.25) is 5.91 Å². The van der Waals surface area contributed by atoms with Crippen LogP contribution < -0.4 is 15.8 Å². The first kappa shape index (κ1) is 36.9. The Bertz CT molecular complexity index is 2580. The average molecular weight is 807 g/mol. The maximum Gasteiger partial charge on any atom is 0.252 e. The Kier molecular flexibility index (Phi) is 8.96. The van der Waals surface area contributed by atoms with Crippen molar-refractivity contribution in [3.8, 4) is 17.2 Å². The highest BCUT2D eigenvalue weighted by molar-refractivity contribution is 6.43. The van der Waals surface area contributed by atoms with E-state index in [9.17, 15) is 14.9 Å². The molecule has 6 atom stereocenters. The monoisotopic (exact) mass is 805 g/mol. The molecule has 11 rings (SSSR count). The van der Waals surface area contributed by atoms with Crippen molar-refractivity contribution >= 4 is 56.6 Å². The molecule has 2 saturated carbocycles. The van der Waals surface area contributed by atoms with E-state index in [0.29, 0.717) is 64.1 Å². The molecular weight excluding hydrogens is 760 g/mol. The van der Waals surface area contributed by atoms with E-state index >= 15 is 4.39 Å². The Balaban J connectivity index is 1.17. The van der Waals surface area contributed by atoms with Gasteiger partial charge in [0.05, 0.1) is 39.8 Å². The van der Waals surface area contributed by atoms with Crippen LogP contribution in [0.3, 0.4) is 0 Å². The van der Waals surface area contributed by atoms with Crippen LogP contribution in [-0.4, -0.2) is 56.6 Å². The van der Waals surface area contributed by atoms with Gasteiger partial charge in [-0.1, -0.05) is 49.2 Å². The van der Waals surface area contributed by atoms with Crippen molar-refractivity contribution in [1.82, 2.24) is 24.3 Å². The minimum absolute atomic E-state index is 0.00126. The lowest BCUT2D eigenvalue weighted by atomic mass is 9.79. The topological polar surface area (TPSA) is 99.2 Å². The van der Waals surface area contributed by atoms with Crippen LogP contribution in [0.1, 0.15) is 75.0 Å². The van der Waals surface area contributed by atoms with Gasteiger partial charge in [-0.2, -0.15) is 5.26 Å². The fourth-order valence-corrected chi connectivity index (χ4v) is 11.2. The molecule has 2 aliphatic carbocycles. The Labute approximate surface area is 341 Å². The number of carbonyl (C=O) groups is 1. The summed E-state index contributed by atoms with van der Waals surface area (Å²) in [6.45, 7) is 9.13. The molecule has 0 unspecified atom stereocenters. The summed E-state index contributed by atoms with van der Waals surface area (Å²) in [7, 11) is 0. The number of nitrogens with zero attached hydrogens (tertiary/aromatic N) is 6. The molecule has 5 aromatic rings. The van der Waals surface area contributed by atoms with Gasteiger partial charge in [-0.15, -0.1) is 0 Å². The Morgan fingerprint density at radius 2 is 1.91 bits per heavy atom. The molecule has 1 amide bonds. The molecule has 9 nitrogen and oxygen atoms in total. The molecule has 2 aromatic carbocycles. The molecule has 12 heteroatoms. The van der Waals surface area contributed by atoms with Crippen LogP contribution in [0.4, 0.5) is 10.1 Å². The van der Waals surface area contributed by atoms with Crippen LogP contribution in [0.15, 0.2) is 53.5 Å². The number of nitriles is 1. The maximum absolute atomic E-state index is 17.4. The molecular formula is C45H46Cl2FN7O2. The third kappa shape index (κ3) is 5.90. The molecule has 0 spiro atoms. The number of hydrogen-bond acceptors (Lipinski definition) is 6. The number of rotatable bonds is 9. The van der Waals surface area contributed by atoms with Crippen LogP contribution in [0.5, 0.6) is 0 Å². The second-order valence-electron chi connectivity index (χ2n) is 17.6. The van der Waals surface area contributed by atoms with E-state index in [4.69, 9.17) is 28.2 Å². The molecule has 0 radical (unpaired) electrons. The van der Waals surface area contributed by atoms with Crippen molar-refractivity contribution in [2.24, 2.45) is 23.7 Å². The van der Waals surface area contributed by atoms with E-state index in [1.54, 1.807) is 28.8 Å². The standard InChI is InChI=1S/C45H46Cl2FN7O2/c1-23(2)20-52-13-11-29(17-37(52)56)53-21-28-14-30(22-53)54(45(57)25-9-10-25)43(28)36-18-32-24(3)51-41-33(44(32)55(36)42-27-16-35(42)50-19-27)15-26(6-5-12-49)38(40(41)48)31-7-4-8-34(46)39(31)47/h4,7-8,11,13,15,17-18,23,25,27-28,30,35,42-43,50H,5-6,9-10,14,16,19-22H2,1-3H3/t27-,28+,30-,35-,42+,43-/m1/s1. The fraction of sp³-hybridized carbons (Fsp3) is 0.467. The summed E-state index contributed by atoms with van der Waals surface area (Å²) in [6, 6.07) is 15.8. The van der Waals surface area contributed by atoms with Gasteiger partial charge in [0.25, 0.3) is 5.56 Å². The van der Waals surface area contributed by atoms with E-state index in [-0.39, 0.29) is 64.4 Å². The van der Waals surface area contributed by atoms with Crippen molar-refractivity contribution in [3.63, 3.8) is 0 Å². The van der Waals surface area contributed by atoms with Crippen molar-refractivity contribution in [1.29, 1.82) is 5.26 Å². The van der Waals surface area contributed by atoms with E-state index < -0.39 is 5.82 Å². The minimum atomic E-state index is -0.480. The average Bonchev–Trinajstić information content (AvgIpc) is 3.46. The van der Waals surface area contributed by atoms with Gasteiger partial charge in [0, 0.05) is 102 Å². The van der Waals surface area contributed by atoms with Crippen LogP contribution in [-0.2, 0) is 17.8 Å². The number of piperidine rings is 1. The van der Waals surface area contributed by atoms with Crippen molar-refractivity contribution in [3.05, 3.63) is 91.8 Å². The van der Waals surface area contributed by atoms with Gasteiger partial charge in [0.15, 0.2) is 5.82 Å². The smallest absolute Gasteiger partial charge is 0.252 e. The molecule has 294 valence electrons. The van der Waals surface area contributed by atoms with E-state index in [1.165, 1.54) is 0 Å². The summed E-state index contributed by atoms with van der Waals surface area (Å²) in [5.74, 6) is 0.667. The predicted molar refractivity (Wildman–Crippen MR) is 222 cm³/mol. The third-order valence-electron chi connectivity index (χ3n) is 13.4. The summed E-state index contributed by atoms with van der Waals surface area (Å²) >= 11 is 13.2. The number of carbonyl (C=O) groups excluding carboxylic acids is 1. The summed E-state index contributed by atoms with van der Waals surface area (Å²) in [5.41, 5.74) is 5.36. The first-order valence-electron chi connectivity index (χ1n) is 20.5. The number of halogens is 3. The quantitative estimate of drug-likeness (QED) is 0.160. The number of aromatic nitrogens is 3. The first-order chi connectivity index (χ1) is 27.5. The Morgan fingerprint density at radius 3 is 2.61 bits per heavy atom. The predicted octanol–water partition coefficient (Wildman–Crippen LogP) is 8.61. The molecule has 7 heterocycles. The molecule has 3 aromatic heterocycles. The molecule has 6 aliphatic rings. The second kappa shape index (κ2) is 13.9. The van der Waals surface area contributed by atoms with Gasteiger partial charge in [0.1, 0.15) is 5.52 Å². The number of nitrogens with one attached hydrogen (secondary N) is 1. The number of fused-ring (bicyclic) bond motifs is 6. The van der Waals surface area contributed by atoms with Crippen molar-refractivity contribution in [2.75, 3.05) is 24.5 Å². The van der Waals surface area contributed by atoms with Gasteiger partial charge in [-0.3, -0.25) is 9.59 Å². The van der Waals surface area contributed by atoms with Crippen LogP contribution in [0.2, 0.25) is 10.0 Å². The lowest BCUT2D eigenvalue weighted by Gasteiger charge is -2.40. The first-order valence-corrected chi connectivity index (χ1v) is 21.3. The number of hydrogen-bond donors (Lipinski definition) is 1. The molecule has 4 saturated heterocycles. The van der Waals surface area contributed by atoms with Crippen molar-refractivity contribution in [2.45, 2.75) is 90.0 Å². The van der Waals surface area contributed by atoms with Crippen LogP contribution in [0.25, 0.3) is 32.9 Å². The maximum atomic E-state index is 17.4. The zero-order valence-electron chi connectivity index (χ0n) is 32.4. The molecule has 57 heavy (non-hydrogen) atoms. The Hall–Kier alpha value is -4.43. The highest BCUT2D eigenvalue weighted by Crippen LogP contribution is 2.54. The highest BCUT2D eigenvalue weighted by atomic mass is 35.5. The summed E-state index contributed by atoms with van der Waals surface area (Å²) in [6.07, 6.45) is 6.22. The number of amides is 1. The van der Waals surface area contributed by atoms with Gasteiger partial charge in [-0.25, -0.2) is 9.37 Å². The summed E-state index contributed by atoms with van der Waals surface area (Å²) in [5, 5.41) is 15.7. The normalized spacial score (nSPS) is 25.2.